The maximum atomic E-state index is 14.3. The highest BCUT2D eigenvalue weighted by Gasteiger charge is 2.27. The minimum atomic E-state index is -0.872. The molecule has 1 N–H and O–H groups in total. The molecule has 0 saturated carbocycles. The smallest absolute Gasteiger partial charge is 0.416 e. The van der Waals surface area contributed by atoms with Crippen LogP contribution in [0.3, 0.4) is 0 Å². The molecular weight excluding hydrogens is 329 g/mol. The largest absolute Gasteiger partial charge is 0.443 e. The number of halogens is 1. The summed E-state index contributed by atoms with van der Waals surface area (Å²) in [6.45, 7) is 4.75. The first-order chi connectivity index (χ1) is 11.7. The maximum Gasteiger partial charge on any atom is 0.416 e. The van der Waals surface area contributed by atoms with E-state index >= 15 is 0 Å². The molecule has 0 aliphatic heterocycles. The third-order valence-electron chi connectivity index (χ3n) is 3.08. The van der Waals surface area contributed by atoms with Crippen LogP contribution in [-0.4, -0.2) is 27.9 Å². The minimum Gasteiger partial charge on any atom is -0.443 e. The summed E-state index contributed by atoms with van der Waals surface area (Å²) < 4.78 is 19.6. The molecule has 0 fully saturated rings. The molecule has 8 heteroatoms. The van der Waals surface area contributed by atoms with Gasteiger partial charge in [0.25, 0.3) is 5.56 Å². The first-order valence-electron chi connectivity index (χ1n) is 7.49. The Morgan fingerprint density at radius 2 is 2.16 bits per heavy atom. The van der Waals surface area contributed by atoms with Gasteiger partial charge < -0.3 is 9.72 Å². The molecular formula is C17H18FN3O4. The van der Waals surface area contributed by atoms with E-state index in [1.165, 1.54) is 12.3 Å². The first kappa shape index (κ1) is 18.3. The van der Waals surface area contributed by atoms with Gasteiger partial charge >= 0.3 is 6.09 Å². The highest BCUT2D eigenvalue weighted by atomic mass is 19.1. The van der Waals surface area contributed by atoms with Crippen LogP contribution in [0.2, 0.25) is 0 Å². The molecule has 0 aliphatic carbocycles. The number of aromatic nitrogens is 2. The molecule has 1 amide bonds. The van der Waals surface area contributed by atoms with Crippen LogP contribution in [0.1, 0.15) is 36.7 Å². The normalized spacial score (nSPS) is 11.0. The Balaban J connectivity index is 2.45. The maximum absolute atomic E-state index is 14.3. The van der Waals surface area contributed by atoms with Gasteiger partial charge in [0.1, 0.15) is 5.60 Å². The summed E-state index contributed by atoms with van der Waals surface area (Å²) in [5, 5.41) is 0. The highest BCUT2D eigenvalue weighted by Crippen LogP contribution is 2.21. The second-order valence-corrected chi connectivity index (χ2v) is 6.28. The molecule has 2 rings (SSSR count). The lowest BCUT2D eigenvalue weighted by molar-refractivity contribution is 0.0575. The lowest BCUT2D eigenvalue weighted by Crippen LogP contribution is -2.38. The van der Waals surface area contributed by atoms with Crippen LogP contribution >= 0.6 is 0 Å². The zero-order chi connectivity index (χ0) is 18.6. The van der Waals surface area contributed by atoms with Crippen molar-refractivity contribution in [3.63, 3.8) is 0 Å². The summed E-state index contributed by atoms with van der Waals surface area (Å²) in [6.07, 6.45) is 2.17. The van der Waals surface area contributed by atoms with E-state index in [0.29, 0.717) is 6.29 Å². The molecule has 0 aliphatic rings. The van der Waals surface area contributed by atoms with Gasteiger partial charge in [-0.1, -0.05) is 6.07 Å². The number of H-pyrrole nitrogens is 1. The van der Waals surface area contributed by atoms with Crippen LogP contribution in [0.25, 0.3) is 0 Å². The van der Waals surface area contributed by atoms with Gasteiger partial charge in [0.2, 0.25) is 0 Å². The van der Waals surface area contributed by atoms with Crippen LogP contribution < -0.4 is 10.5 Å². The number of nitrogens with one attached hydrogen (secondary N) is 1. The third kappa shape index (κ3) is 4.72. The fraction of sp³-hybridized carbons (Fsp3) is 0.294. The van der Waals surface area contributed by atoms with Gasteiger partial charge in [-0.2, -0.15) is 0 Å². The standard InChI is InChI=1S/C17H18FN3O4/c1-17(2,3)25-16(24)21(9-12-5-4-6-19-15(12)23)14-13(18)7-11(10-22)8-20-14/h4-8,10H,9H2,1-3H3,(H,19,23). The van der Waals surface area contributed by atoms with Crippen LogP contribution in [0.5, 0.6) is 0 Å². The molecule has 7 nitrogen and oxygen atoms in total. The number of hydrogen-bond donors (Lipinski definition) is 1. The molecule has 0 atom stereocenters. The number of ether oxygens (including phenoxy) is 1. The van der Waals surface area contributed by atoms with Crippen LogP contribution in [0, 0.1) is 5.82 Å². The molecule has 0 radical (unpaired) electrons. The van der Waals surface area contributed by atoms with Crippen molar-refractivity contribution in [1.29, 1.82) is 0 Å². The van der Waals surface area contributed by atoms with E-state index in [-0.39, 0.29) is 23.5 Å². The van der Waals surface area contributed by atoms with Crippen molar-refractivity contribution in [1.82, 2.24) is 9.97 Å². The lowest BCUT2D eigenvalue weighted by atomic mass is 10.2. The third-order valence-corrected chi connectivity index (χ3v) is 3.08. The summed E-state index contributed by atoms with van der Waals surface area (Å²) in [4.78, 5) is 42.4. The number of amides is 1. The quantitative estimate of drug-likeness (QED) is 0.859. The zero-order valence-electron chi connectivity index (χ0n) is 14.1. The number of aldehydes is 1. The van der Waals surface area contributed by atoms with Crippen LogP contribution in [-0.2, 0) is 11.3 Å². The highest BCUT2D eigenvalue weighted by molar-refractivity contribution is 5.87. The van der Waals surface area contributed by atoms with Gasteiger partial charge in [0.05, 0.1) is 6.54 Å². The van der Waals surface area contributed by atoms with E-state index in [1.54, 1.807) is 26.8 Å². The predicted molar refractivity (Wildman–Crippen MR) is 89.1 cm³/mol. The molecule has 0 saturated heterocycles. The molecule has 132 valence electrons. The molecule has 2 aromatic heterocycles. The summed E-state index contributed by atoms with van der Waals surface area (Å²) in [5.41, 5.74) is -0.976. The topological polar surface area (TPSA) is 92.4 Å². The molecule has 0 bridgehead atoms. The Kier molecular flexibility index (Phi) is 5.31. The zero-order valence-corrected chi connectivity index (χ0v) is 14.1. The summed E-state index contributed by atoms with van der Waals surface area (Å²) in [7, 11) is 0. The number of nitrogens with zero attached hydrogens (tertiary/aromatic N) is 2. The summed E-state index contributed by atoms with van der Waals surface area (Å²) >= 11 is 0. The number of pyridine rings is 2. The van der Waals surface area contributed by atoms with Crippen molar-refractivity contribution in [3.05, 3.63) is 57.9 Å². The molecule has 25 heavy (non-hydrogen) atoms. The number of carbonyl (C=O) groups is 2. The Morgan fingerprint density at radius 1 is 1.44 bits per heavy atom. The number of aromatic amines is 1. The van der Waals surface area contributed by atoms with Gasteiger partial charge in [0.15, 0.2) is 17.9 Å². The number of anilines is 1. The van der Waals surface area contributed by atoms with Crippen molar-refractivity contribution >= 4 is 18.2 Å². The predicted octanol–water partition coefficient (Wildman–Crippen LogP) is 2.66. The van der Waals surface area contributed by atoms with E-state index in [9.17, 15) is 18.8 Å². The van der Waals surface area contributed by atoms with Gasteiger partial charge in [-0.15, -0.1) is 0 Å². The average Bonchev–Trinajstić information content (AvgIpc) is 2.53. The van der Waals surface area contributed by atoms with Crippen molar-refractivity contribution in [2.45, 2.75) is 32.9 Å². The van der Waals surface area contributed by atoms with Crippen molar-refractivity contribution in [3.8, 4) is 0 Å². The van der Waals surface area contributed by atoms with E-state index in [2.05, 4.69) is 9.97 Å². The number of rotatable bonds is 4. The fourth-order valence-corrected chi connectivity index (χ4v) is 2.00. The SMILES string of the molecule is CC(C)(C)OC(=O)N(Cc1ccc[nH]c1=O)c1ncc(C=O)cc1F. The first-order valence-corrected chi connectivity index (χ1v) is 7.49. The molecule has 2 heterocycles. The van der Waals surface area contributed by atoms with Gasteiger partial charge in [-0.05, 0) is 32.9 Å². The van der Waals surface area contributed by atoms with Crippen molar-refractivity contribution in [2.24, 2.45) is 0 Å². The summed E-state index contributed by atoms with van der Waals surface area (Å²) in [6, 6.07) is 4.05. The molecule has 0 unspecified atom stereocenters. The Labute approximate surface area is 143 Å². The van der Waals surface area contributed by atoms with Crippen LogP contribution in [0.15, 0.2) is 35.4 Å². The average molecular weight is 347 g/mol. The second kappa shape index (κ2) is 7.25. The summed E-state index contributed by atoms with van der Waals surface area (Å²) in [5.74, 6) is -1.20. The Hall–Kier alpha value is -3.03. The number of carbonyl (C=O) groups excluding carboxylic acids is 2. The van der Waals surface area contributed by atoms with Crippen molar-refractivity contribution in [2.75, 3.05) is 4.90 Å². The Morgan fingerprint density at radius 3 is 2.72 bits per heavy atom. The van der Waals surface area contributed by atoms with Gasteiger partial charge in [0, 0.05) is 23.5 Å². The van der Waals surface area contributed by atoms with Gasteiger partial charge in [-0.3, -0.25) is 14.5 Å². The van der Waals surface area contributed by atoms with Gasteiger partial charge in [-0.25, -0.2) is 14.2 Å². The molecule has 2 aromatic rings. The van der Waals surface area contributed by atoms with E-state index in [4.69, 9.17) is 4.74 Å². The number of hydrogen-bond acceptors (Lipinski definition) is 5. The fourth-order valence-electron chi connectivity index (χ4n) is 2.00. The Bertz CT molecular complexity index is 842. The molecule has 0 aromatic carbocycles. The van der Waals surface area contributed by atoms with E-state index < -0.39 is 23.1 Å². The molecule has 0 spiro atoms. The van der Waals surface area contributed by atoms with Crippen molar-refractivity contribution < 1.29 is 18.7 Å². The van der Waals surface area contributed by atoms with E-state index in [0.717, 1.165) is 17.2 Å². The monoisotopic (exact) mass is 347 g/mol. The minimum absolute atomic E-state index is 0.0305. The van der Waals surface area contributed by atoms with E-state index in [1.807, 2.05) is 0 Å². The van der Waals surface area contributed by atoms with Crippen LogP contribution in [0.4, 0.5) is 15.0 Å². The second-order valence-electron chi connectivity index (χ2n) is 6.28. The lowest BCUT2D eigenvalue weighted by Gasteiger charge is -2.26.